The van der Waals surface area contributed by atoms with Crippen molar-refractivity contribution < 1.29 is 0 Å². The predicted octanol–water partition coefficient (Wildman–Crippen LogP) is 5.08. The highest BCUT2D eigenvalue weighted by molar-refractivity contribution is 7.80. The average Bonchev–Trinajstić information content (AvgIpc) is 2.20. The summed E-state index contributed by atoms with van der Waals surface area (Å²) in [5, 5.41) is 0. The molecule has 0 aliphatic heterocycles. The number of rotatable bonds is 10. The van der Waals surface area contributed by atoms with Gasteiger partial charge in [0.1, 0.15) is 0 Å². The van der Waals surface area contributed by atoms with E-state index in [2.05, 4.69) is 26.5 Å². The maximum atomic E-state index is 4.29. The molecule has 0 aromatic carbocycles. The summed E-state index contributed by atoms with van der Waals surface area (Å²) < 4.78 is 0. The van der Waals surface area contributed by atoms with Gasteiger partial charge in [-0.3, -0.25) is 0 Å². The quantitative estimate of drug-likeness (QED) is 0.382. The van der Waals surface area contributed by atoms with E-state index in [1.54, 1.807) is 0 Å². The van der Waals surface area contributed by atoms with Gasteiger partial charge in [-0.2, -0.15) is 12.6 Å². The summed E-state index contributed by atoms with van der Waals surface area (Å²) in [6, 6.07) is 0. The third-order valence-corrected chi connectivity index (χ3v) is 3.25. The molecule has 0 aromatic heterocycles. The van der Waals surface area contributed by atoms with Crippen LogP contribution in [0.3, 0.4) is 0 Å². The van der Waals surface area contributed by atoms with E-state index in [0.717, 1.165) is 11.7 Å². The van der Waals surface area contributed by atoms with Crippen molar-refractivity contribution in [2.24, 2.45) is 5.92 Å². The molecule has 1 atom stereocenters. The van der Waals surface area contributed by atoms with Gasteiger partial charge in [-0.1, -0.05) is 58.8 Å². The van der Waals surface area contributed by atoms with E-state index in [0.29, 0.717) is 0 Å². The number of thiol groups is 1. The van der Waals surface area contributed by atoms with E-state index in [1.807, 2.05) is 0 Å². The van der Waals surface area contributed by atoms with E-state index in [-0.39, 0.29) is 0 Å². The minimum Gasteiger partial charge on any atom is -0.179 e. The Kier molecular flexibility index (Phi) is 11.7. The Hall–Kier alpha value is 0.350. The molecule has 86 valence electrons. The lowest BCUT2D eigenvalue weighted by atomic mass is 9.92. The molecule has 0 spiro atoms. The lowest BCUT2D eigenvalue weighted by Gasteiger charge is -2.15. The summed E-state index contributed by atoms with van der Waals surface area (Å²) in [6.07, 6.45) is 12.6. The summed E-state index contributed by atoms with van der Waals surface area (Å²) in [4.78, 5) is 0. The first kappa shape index (κ1) is 14.3. The van der Waals surface area contributed by atoms with E-state index in [4.69, 9.17) is 0 Å². The van der Waals surface area contributed by atoms with E-state index >= 15 is 0 Å². The van der Waals surface area contributed by atoms with Gasteiger partial charge in [0.05, 0.1) is 0 Å². The maximum absolute atomic E-state index is 4.29. The topological polar surface area (TPSA) is 0 Å². The highest BCUT2D eigenvalue weighted by atomic mass is 32.1. The second-order valence-electron chi connectivity index (χ2n) is 4.37. The zero-order valence-corrected chi connectivity index (χ0v) is 11.0. The SMILES string of the molecule is CCCCCCC(CCC)CCCS. The molecular formula is C13H28S. The van der Waals surface area contributed by atoms with Crippen LogP contribution in [-0.4, -0.2) is 5.75 Å². The Balaban J connectivity index is 3.40. The normalized spacial score (nSPS) is 13.1. The third kappa shape index (κ3) is 8.93. The van der Waals surface area contributed by atoms with Crippen LogP contribution in [0.1, 0.15) is 71.6 Å². The van der Waals surface area contributed by atoms with Crippen LogP contribution >= 0.6 is 12.6 Å². The summed E-state index contributed by atoms with van der Waals surface area (Å²) in [5.41, 5.74) is 0. The first-order valence-electron chi connectivity index (χ1n) is 6.46. The van der Waals surface area contributed by atoms with Crippen molar-refractivity contribution in [2.75, 3.05) is 5.75 Å². The molecule has 0 heterocycles. The van der Waals surface area contributed by atoms with Crippen molar-refractivity contribution in [3.63, 3.8) is 0 Å². The van der Waals surface area contributed by atoms with Gasteiger partial charge in [0.15, 0.2) is 0 Å². The van der Waals surface area contributed by atoms with Crippen LogP contribution in [0, 0.1) is 5.92 Å². The highest BCUT2D eigenvalue weighted by Crippen LogP contribution is 2.21. The Morgan fingerprint density at radius 2 is 1.50 bits per heavy atom. The second kappa shape index (κ2) is 11.4. The molecule has 0 saturated heterocycles. The Bertz CT molecular complexity index is 101. The van der Waals surface area contributed by atoms with Crippen molar-refractivity contribution in [2.45, 2.75) is 71.6 Å². The van der Waals surface area contributed by atoms with Gasteiger partial charge in [-0.25, -0.2) is 0 Å². The zero-order chi connectivity index (χ0) is 10.6. The van der Waals surface area contributed by atoms with Gasteiger partial charge in [0, 0.05) is 0 Å². The highest BCUT2D eigenvalue weighted by Gasteiger charge is 2.06. The first-order valence-corrected chi connectivity index (χ1v) is 7.09. The van der Waals surface area contributed by atoms with E-state index in [1.165, 1.54) is 57.8 Å². The summed E-state index contributed by atoms with van der Waals surface area (Å²) >= 11 is 4.29. The molecular weight excluding hydrogens is 188 g/mol. The molecule has 0 fully saturated rings. The minimum absolute atomic E-state index is 0.990. The number of unbranched alkanes of at least 4 members (excludes halogenated alkanes) is 3. The summed E-state index contributed by atoms with van der Waals surface area (Å²) in [7, 11) is 0. The fraction of sp³-hybridized carbons (Fsp3) is 1.00. The molecule has 0 bridgehead atoms. The van der Waals surface area contributed by atoms with Gasteiger partial charge < -0.3 is 0 Å². The number of hydrogen-bond donors (Lipinski definition) is 1. The van der Waals surface area contributed by atoms with Crippen LogP contribution in [0.4, 0.5) is 0 Å². The molecule has 1 heteroatoms. The molecule has 0 radical (unpaired) electrons. The van der Waals surface area contributed by atoms with Crippen LogP contribution in [0.15, 0.2) is 0 Å². The van der Waals surface area contributed by atoms with Crippen molar-refractivity contribution in [3.8, 4) is 0 Å². The predicted molar refractivity (Wildman–Crippen MR) is 70.2 cm³/mol. The molecule has 0 amide bonds. The average molecular weight is 216 g/mol. The lowest BCUT2D eigenvalue weighted by molar-refractivity contribution is 0.393. The van der Waals surface area contributed by atoms with E-state index < -0.39 is 0 Å². The van der Waals surface area contributed by atoms with Gasteiger partial charge >= 0.3 is 0 Å². The Morgan fingerprint density at radius 3 is 2.07 bits per heavy atom. The summed E-state index contributed by atoms with van der Waals surface area (Å²) in [6.45, 7) is 4.59. The molecule has 0 aliphatic rings. The van der Waals surface area contributed by atoms with Crippen molar-refractivity contribution >= 4 is 12.6 Å². The number of hydrogen-bond acceptors (Lipinski definition) is 1. The van der Waals surface area contributed by atoms with Gasteiger partial charge in [0.25, 0.3) is 0 Å². The smallest absolute Gasteiger partial charge is 0.00978 e. The molecule has 0 aliphatic carbocycles. The molecule has 0 N–H and O–H groups in total. The van der Waals surface area contributed by atoms with Crippen LogP contribution in [0.2, 0.25) is 0 Å². The standard InChI is InChI=1S/C13H28S/c1-3-5-6-7-10-13(9-4-2)11-8-12-14/h13-14H,3-12H2,1-2H3. The largest absolute Gasteiger partial charge is 0.179 e. The fourth-order valence-electron chi connectivity index (χ4n) is 2.08. The summed E-state index contributed by atoms with van der Waals surface area (Å²) in [5.74, 6) is 2.05. The zero-order valence-electron chi connectivity index (χ0n) is 10.1. The monoisotopic (exact) mass is 216 g/mol. The van der Waals surface area contributed by atoms with Crippen LogP contribution < -0.4 is 0 Å². The van der Waals surface area contributed by atoms with Crippen molar-refractivity contribution in [1.82, 2.24) is 0 Å². The van der Waals surface area contributed by atoms with Gasteiger partial charge in [-0.15, -0.1) is 0 Å². The molecule has 0 saturated carbocycles. The second-order valence-corrected chi connectivity index (χ2v) is 4.82. The van der Waals surface area contributed by atoms with Gasteiger partial charge in [0.2, 0.25) is 0 Å². The molecule has 14 heavy (non-hydrogen) atoms. The Morgan fingerprint density at radius 1 is 0.786 bits per heavy atom. The minimum atomic E-state index is 0.990. The van der Waals surface area contributed by atoms with Gasteiger partial charge in [-0.05, 0) is 24.5 Å². The molecule has 0 nitrogen and oxygen atoms in total. The Labute approximate surface area is 96.3 Å². The first-order chi connectivity index (χ1) is 6.85. The van der Waals surface area contributed by atoms with Crippen LogP contribution in [0.25, 0.3) is 0 Å². The molecule has 0 aromatic rings. The van der Waals surface area contributed by atoms with E-state index in [9.17, 15) is 0 Å². The molecule has 0 rings (SSSR count). The van der Waals surface area contributed by atoms with Crippen LogP contribution in [0.5, 0.6) is 0 Å². The lowest BCUT2D eigenvalue weighted by Crippen LogP contribution is -2.00. The third-order valence-electron chi connectivity index (χ3n) is 2.93. The fourth-order valence-corrected chi connectivity index (χ4v) is 2.26. The van der Waals surface area contributed by atoms with Crippen molar-refractivity contribution in [1.29, 1.82) is 0 Å². The van der Waals surface area contributed by atoms with Crippen LogP contribution in [-0.2, 0) is 0 Å². The van der Waals surface area contributed by atoms with Crippen molar-refractivity contribution in [3.05, 3.63) is 0 Å². The molecule has 1 unspecified atom stereocenters. The maximum Gasteiger partial charge on any atom is -0.00978 e.